The molecule has 3 aliphatic rings. The third-order valence-corrected chi connectivity index (χ3v) is 17.2. The molecule has 0 unspecified atom stereocenters. The van der Waals surface area contributed by atoms with Crippen molar-refractivity contribution in [2.75, 3.05) is 51.6 Å². The molecule has 0 spiro atoms. The van der Waals surface area contributed by atoms with Gasteiger partial charge in [0.1, 0.15) is 39.3 Å². The SMILES string of the molecule is C.CC1=CCc2c1nc(N)[nH]c2=O.CCCC1=CCc2c1nc(N)[nH]c2=O.CCCn1ccc2c(=O)[nH]c(N)nc21.Cc1c[nH]c2nc(N)[nH]c(=O)c12.Cc1cn(C)c2c(=O)[nH]c(N)nc12.Cc1cn(C)c2nc(N)[nH]c(=O)c12.Cn1ccc2c(=O)[nH]c(N)nc21.Nc1nc2[nH]ccc2c(=O)[nH]1.Nc1nc2c(c(=O)[nH]1)CC=C2. The largest absolute Gasteiger partial charge is 0.369 e. The summed E-state index contributed by atoms with van der Waals surface area (Å²) in [6, 6.07) is 5.12. The lowest BCUT2D eigenvalue weighted by molar-refractivity contribution is 0.697. The van der Waals surface area contributed by atoms with Gasteiger partial charge in [0.2, 0.25) is 53.5 Å². The van der Waals surface area contributed by atoms with Gasteiger partial charge in [-0.25, -0.2) is 19.9 Å². The molecular formula is C71H87N33O9. The Hall–Kier alpha value is -15.4. The number of nitrogen functional groups attached to an aromatic ring is 9. The van der Waals surface area contributed by atoms with Crippen LogP contribution in [0.15, 0.2) is 117 Å². The third-order valence-electron chi connectivity index (χ3n) is 17.2. The Balaban J connectivity index is 0.000000146. The average Bonchev–Trinajstić information content (AvgIpc) is 1.64. The minimum absolute atomic E-state index is 0. The van der Waals surface area contributed by atoms with E-state index < -0.39 is 0 Å². The molecule has 0 saturated carbocycles. The van der Waals surface area contributed by atoms with Crippen LogP contribution in [0.1, 0.15) is 97.9 Å². The zero-order valence-corrected chi connectivity index (χ0v) is 62.1. The Labute approximate surface area is 636 Å². The first-order valence-corrected chi connectivity index (χ1v) is 34.4. The van der Waals surface area contributed by atoms with Crippen LogP contribution in [0.4, 0.5) is 53.5 Å². The zero-order valence-electron chi connectivity index (χ0n) is 62.1. The Morgan fingerprint density at radius 2 is 0.903 bits per heavy atom. The van der Waals surface area contributed by atoms with Gasteiger partial charge >= 0.3 is 0 Å². The van der Waals surface area contributed by atoms with Gasteiger partial charge in [0, 0.05) is 81.6 Å². The summed E-state index contributed by atoms with van der Waals surface area (Å²) >= 11 is 0. The standard InChI is InChI=1S/C10H13N3O.C9H12N4O.2C8H10N4O.C8H9N3O.2C7H8N4O.C7H7N3O.C6H6N4O.CH4/c1-2-3-6-4-5-7-8(6)12-10(11)13-9(7)14;1-2-4-13-5-3-6-7(13)11-9(10)12-8(6)14;1-4-3-12(2)6-5(4)10-8(9)11-7(6)13;1-4-3-12(2)6-5(4)7(13)11-8(9)10-6;1-4-2-3-5-6(4)10-8(9)11-7(5)12;1-11-3-2-4-5(11)9-7(8)10-6(4)12;1-3-2-9-5-4(3)6(12)11-7(8)10-5;8-7-9-5-3-1-2-4(5)6(11)10-7;7-6-9-4-3(1-2-8-4)5(11)10-6;/h4H,2-3,5H2,1H3,(H3,11,12,13,14);3,5H,2,4H2,1H3,(H3,10,11,12,14);2*3H,1-2H3,(H3,9,10,11,13);2H,3H2,1H3,(H3,9,10,11,12);2-3H,1H3,(H3,8,9,10,12);2H,1H3,(H4,8,9,10,11,12);1,3H,2H2,(H3,8,9,10,11);1-2H,(H4,7,8,9,10,11);1H4. The number of fused-ring (bicyclic) bond motifs is 9. The molecule has 0 aliphatic heterocycles. The van der Waals surface area contributed by atoms with E-state index in [4.69, 9.17) is 51.6 Å². The summed E-state index contributed by atoms with van der Waals surface area (Å²) in [6.07, 6.45) is 23.5. The van der Waals surface area contributed by atoms with Gasteiger partial charge in [-0.2, -0.15) is 24.9 Å². The Kier molecular flexibility index (Phi) is 25.0. The molecule has 42 heteroatoms. The summed E-state index contributed by atoms with van der Waals surface area (Å²) in [4.78, 5) is 166. The van der Waals surface area contributed by atoms with Crippen LogP contribution < -0.4 is 102 Å². The number of hydrogen-bond donors (Lipinski definition) is 20. The van der Waals surface area contributed by atoms with Crippen molar-refractivity contribution in [3.8, 4) is 0 Å². The van der Waals surface area contributed by atoms with E-state index in [0.717, 1.165) is 76.2 Å². The Bertz CT molecular complexity index is 6650. The molecule has 29 N–H and O–H groups in total. The van der Waals surface area contributed by atoms with Crippen molar-refractivity contribution in [3.63, 3.8) is 0 Å². The number of H-pyrrole nitrogens is 11. The van der Waals surface area contributed by atoms with Crippen molar-refractivity contribution >= 4 is 137 Å². The van der Waals surface area contributed by atoms with E-state index in [0.29, 0.717) is 96.7 Å². The second-order valence-corrected chi connectivity index (χ2v) is 25.5. The summed E-state index contributed by atoms with van der Waals surface area (Å²) in [6.45, 7) is 12.6. The fraction of sp³-hybridized carbons (Fsp3) is 0.239. The number of allylic oxidation sites excluding steroid dienone is 5. The van der Waals surface area contributed by atoms with E-state index in [1.807, 2.05) is 84.1 Å². The van der Waals surface area contributed by atoms with E-state index in [-0.39, 0.29) is 111 Å². The van der Waals surface area contributed by atoms with Gasteiger partial charge in [0.15, 0.2) is 0 Å². The number of anilines is 9. The lowest BCUT2D eigenvalue weighted by atomic mass is 10.1. The highest BCUT2D eigenvalue weighted by Crippen LogP contribution is 2.27. The maximum absolute atomic E-state index is 11.5. The number of nitrogens with one attached hydrogen (secondary N) is 11. The summed E-state index contributed by atoms with van der Waals surface area (Å²) in [5.74, 6) is 1.46. The third kappa shape index (κ3) is 18.6. The number of aromatic amines is 11. The molecule has 0 atom stereocenters. The van der Waals surface area contributed by atoms with Crippen LogP contribution in [0, 0.1) is 20.8 Å². The number of rotatable bonds is 4. The molecule has 590 valence electrons. The van der Waals surface area contributed by atoms with Gasteiger partial charge in [-0.15, -0.1) is 0 Å². The molecule has 0 radical (unpaired) electrons. The van der Waals surface area contributed by atoms with Crippen LogP contribution in [0.25, 0.3) is 83.4 Å². The van der Waals surface area contributed by atoms with Gasteiger partial charge in [0.05, 0.1) is 44.0 Å². The lowest BCUT2D eigenvalue weighted by Crippen LogP contribution is -2.16. The molecule has 15 heterocycles. The van der Waals surface area contributed by atoms with E-state index in [2.05, 4.69) is 120 Å². The fourth-order valence-corrected chi connectivity index (χ4v) is 12.2. The van der Waals surface area contributed by atoms with E-state index in [9.17, 15) is 43.2 Å². The summed E-state index contributed by atoms with van der Waals surface area (Å²) < 4.78 is 7.22. The minimum atomic E-state index is -0.214. The van der Waals surface area contributed by atoms with Crippen molar-refractivity contribution in [2.45, 2.75) is 94.0 Å². The predicted octanol–water partition coefficient (Wildman–Crippen LogP) is 2.80. The van der Waals surface area contributed by atoms with Crippen LogP contribution in [-0.4, -0.2) is 118 Å². The number of aryl methyl sites for hydroxylation is 7. The highest BCUT2D eigenvalue weighted by atomic mass is 16.2. The van der Waals surface area contributed by atoms with Crippen molar-refractivity contribution in [3.05, 3.63) is 217 Å². The monoisotopic (exact) mass is 1550 g/mol. The van der Waals surface area contributed by atoms with Crippen LogP contribution >= 0.6 is 0 Å². The average molecular weight is 1550 g/mol. The summed E-state index contributed by atoms with van der Waals surface area (Å²) in [7, 11) is 5.46. The molecule has 15 aromatic rings. The zero-order chi connectivity index (χ0) is 81.3. The predicted molar refractivity (Wildman–Crippen MR) is 440 cm³/mol. The van der Waals surface area contributed by atoms with E-state index >= 15 is 0 Å². The maximum atomic E-state index is 11.5. The summed E-state index contributed by atoms with van der Waals surface area (Å²) in [5.41, 5.74) is 60.6. The highest BCUT2D eigenvalue weighted by Gasteiger charge is 2.20. The molecule has 0 saturated heterocycles. The number of nitrogens with two attached hydrogens (primary N) is 9. The van der Waals surface area contributed by atoms with Gasteiger partial charge in [-0.05, 0) is 112 Å². The van der Waals surface area contributed by atoms with Crippen LogP contribution in [0.5, 0.6) is 0 Å². The topological polar surface area (TPSA) is 697 Å². The second kappa shape index (κ2) is 34.6. The van der Waals surface area contributed by atoms with E-state index in [1.54, 1.807) is 56.6 Å². The van der Waals surface area contributed by atoms with Crippen LogP contribution in [-0.2, 0) is 47.0 Å². The molecule has 42 nitrogen and oxygen atoms in total. The van der Waals surface area contributed by atoms with Crippen molar-refractivity contribution in [1.29, 1.82) is 0 Å². The van der Waals surface area contributed by atoms with Crippen molar-refractivity contribution < 1.29 is 0 Å². The summed E-state index contributed by atoms with van der Waals surface area (Å²) in [5, 5.41) is 2.86. The quantitative estimate of drug-likeness (QED) is 0.120. The van der Waals surface area contributed by atoms with E-state index in [1.165, 1.54) is 0 Å². The molecule has 15 aromatic heterocycles. The van der Waals surface area contributed by atoms with Crippen molar-refractivity contribution in [2.24, 2.45) is 21.1 Å². The molecular weight excluding hydrogens is 1460 g/mol. The van der Waals surface area contributed by atoms with Gasteiger partial charge in [-0.3, -0.25) is 88.0 Å². The first kappa shape index (κ1) is 81.7. The van der Waals surface area contributed by atoms with Crippen molar-refractivity contribution in [1.82, 2.24) is 118 Å². The first-order chi connectivity index (χ1) is 53.2. The van der Waals surface area contributed by atoms with Gasteiger partial charge < -0.3 is 79.8 Å². The Morgan fingerprint density at radius 1 is 0.416 bits per heavy atom. The smallest absolute Gasteiger partial charge is 0.276 e. The molecule has 0 aromatic carbocycles. The minimum Gasteiger partial charge on any atom is -0.369 e. The van der Waals surface area contributed by atoms with Gasteiger partial charge in [0.25, 0.3) is 50.0 Å². The second-order valence-electron chi connectivity index (χ2n) is 25.5. The fourth-order valence-electron chi connectivity index (χ4n) is 12.2. The first-order valence-electron chi connectivity index (χ1n) is 34.4. The molecule has 0 amide bonds. The lowest BCUT2D eigenvalue weighted by Gasteiger charge is -2.03. The molecule has 113 heavy (non-hydrogen) atoms. The molecule has 18 rings (SSSR count). The highest BCUT2D eigenvalue weighted by molar-refractivity contribution is 5.82. The molecule has 3 aliphatic carbocycles. The molecule has 0 bridgehead atoms. The number of hydrogen-bond acceptors (Lipinski definition) is 27. The number of nitrogens with zero attached hydrogens (tertiary/aromatic N) is 13. The maximum Gasteiger partial charge on any atom is 0.276 e. The van der Waals surface area contributed by atoms with Gasteiger partial charge in [-0.1, -0.05) is 45.9 Å². The normalized spacial score (nSPS) is 11.7. The molecule has 0 fully saturated rings. The van der Waals surface area contributed by atoms with Crippen LogP contribution in [0.2, 0.25) is 0 Å². The number of aromatic nitrogens is 24. The van der Waals surface area contributed by atoms with Crippen LogP contribution in [0.3, 0.4) is 0 Å². The Morgan fingerprint density at radius 3 is 1.54 bits per heavy atom.